The predicted octanol–water partition coefficient (Wildman–Crippen LogP) is 10.8. The number of hydrogen-bond acceptors (Lipinski definition) is 0. The summed E-state index contributed by atoms with van der Waals surface area (Å²) in [4.78, 5) is 0. The smallest absolute Gasteiger partial charge is 0.0159 e. The third-order valence-electron chi connectivity index (χ3n) is 9.69. The molecule has 8 rings (SSSR count). The molecule has 0 fully saturated rings. The summed E-state index contributed by atoms with van der Waals surface area (Å²) in [7, 11) is 0. The molecule has 0 N–H and O–H groups in total. The fourth-order valence-electron chi connectivity index (χ4n) is 7.49. The molecule has 0 amide bonds. The zero-order valence-corrected chi connectivity index (χ0v) is 23.5. The zero-order valence-electron chi connectivity index (χ0n) is 23.5. The van der Waals surface area contributed by atoms with Crippen molar-refractivity contribution < 1.29 is 0 Å². The Kier molecular flexibility index (Phi) is 4.73. The summed E-state index contributed by atoms with van der Waals surface area (Å²) >= 11 is 0. The van der Waals surface area contributed by atoms with Gasteiger partial charge in [-0.15, -0.1) is 0 Å². The van der Waals surface area contributed by atoms with Crippen LogP contribution in [-0.2, 0) is 10.8 Å². The Hall–Kier alpha value is -4.42. The fourth-order valence-corrected chi connectivity index (χ4v) is 7.49. The number of benzene rings is 6. The lowest BCUT2D eigenvalue weighted by Crippen LogP contribution is -2.17. The quantitative estimate of drug-likeness (QED) is 0.216. The molecule has 0 saturated carbocycles. The highest BCUT2D eigenvalue weighted by Crippen LogP contribution is 2.58. The molecule has 0 spiro atoms. The van der Waals surface area contributed by atoms with Gasteiger partial charge in [0.1, 0.15) is 0 Å². The van der Waals surface area contributed by atoms with E-state index in [0.29, 0.717) is 0 Å². The van der Waals surface area contributed by atoms with E-state index < -0.39 is 0 Å². The Labute approximate surface area is 237 Å². The first kappa shape index (κ1) is 23.5. The summed E-state index contributed by atoms with van der Waals surface area (Å²) in [6.07, 6.45) is 0. The second-order valence-electron chi connectivity index (χ2n) is 12.6. The van der Waals surface area contributed by atoms with Crippen molar-refractivity contribution >= 4 is 10.8 Å². The van der Waals surface area contributed by atoms with Gasteiger partial charge in [0.05, 0.1) is 0 Å². The maximum absolute atomic E-state index is 2.53. The molecule has 0 saturated heterocycles. The molecule has 2 aliphatic carbocycles. The van der Waals surface area contributed by atoms with E-state index in [2.05, 4.69) is 149 Å². The van der Waals surface area contributed by atoms with Crippen molar-refractivity contribution in [3.8, 4) is 44.5 Å². The molecule has 0 heterocycles. The van der Waals surface area contributed by atoms with Gasteiger partial charge in [0.25, 0.3) is 0 Å². The first-order valence-corrected chi connectivity index (χ1v) is 14.4. The van der Waals surface area contributed by atoms with Gasteiger partial charge in [0, 0.05) is 10.8 Å². The van der Waals surface area contributed by atoms with E-state index in [1.165, 1.54) is 77.5 Å². The summed E-state index contributed by atoms with van der Waals surface area (Å²) in [6, 6.07) is 45.2. The maximum atomic E-state index is 2.53. The molecule has 0 aromatic heterocycles. The van der Waals surface area contributed by atoms with Gasteiger partial charge >= 0.3 is 0 Å². The van der Waals surface area contributed by atoms with Crippen LogP contribution in [0.3, 0.4) is 0 Å². The Morgan fingerprint density at radius 1 is 0.350 bits per heavy atom. The van der Waals surface area contributed by atoms with Gasteiger partial charge in [-0.05, 0) is 95.7 Å². The largest absolute Gasteiger partial charge is 0.0622 e. The van der Waals surface area contributed by atoms with E-state index in [-0.39, 0.29) is 10.8 Å². The molecule has 0 aliphatic heterocycles. The third-order valence-corrected chi connectivity index (χ3v) is 9.69. The van der Waals surface area contributed by atoms with Crippen molar-refractivity contribution in [3.05, 3.63) is 144 Å². The second-order valence-corrected chi connectivity index (χ2v) is 12.6. The lowest BCUT2D eigenvalue weighted by molar-refractivity contribution is 0.652. The van der Waals surface area contributed by atoms with Crippen LogP contribution in [0.25, 0.3) is 55.3 Å². The second kappa shape index (κ2) is 8.05. The molecule has 6 aromatic rings. The summed E-state index contributed by atoms with van der Waals surface area (Å²) in [6.45, 7) is 9.58. The van der Waals surface area contributed by atoms with Gasteiger partial charge in [-0.3, -0.25) is 0 Å². The molecule has 0 radical (unpaired) electrons. The van der Waals surface area contributed by atoms with E-state index in [4.69, 9.17) is 0 Å². The summed E-state index contributed by atoms with van der Waals surface area (Å²) in [5, 5.41) is 2.67. The van der Waals surface area contributed by atoms with E-state index in [0.717, 1.165) is 0 Å². The van der Waals surface area contributed by atoms with Gasteiger partial charge < -0.3 is 0 Å². The lowest BCUT2D eigenvalue weighted by atomic mass is 9.79. The molecule has 0 heteroatoms. The molecule has 2 aliphatic rings. The summed E-state index contributed by atoms with van der Waals surface area (Å²) in [5.41, 5.74) is 16.3. The number of rotatable bonds is 2. The van der Waals surface area contributed by atoms with Crippen LogP contribution in [-0.4, -0.2) is 0 Å². The average Bonchev–Trinajstić information content (AvgIpc) is 3.36. The Balaban J connectivity index is 1.35. The van der Waals surface area contributed by atoms with Gasteiger partial charge in [-0.1, -0.05) is 131 Å². The van der Waals surface area contributed by atoms with Crippen LogP contribution in [0.2, 0.25) is 0 Å². The first-order valence-electron chi connectivity index (χ1n) is 14.4. The molecule has 6 aromatic carbocycles. The SMILES string of the molecule is CC1(C)c2ccccc2-c2cc3c(cc21)-c1c(cc(-c2ccc(-c4ccccc4)cc2)c2ccccc12)C3(C)C. The molecular weight excluding hydrogens is 480 g/mol. The van der Waals surface area contributed by atoms with Crippen LogP contribution in [0, 0.1) is 0 Å². The van der Waals surface area contributed by atoms with Crippen molar-refractivity contribution in [3.63, 3.8) is 0 Å². The van der Waals surface area contributed by atoms with Gasteiger partial charge in [-0.25, -0.2) is 0 Å². The Morgan fingerprint density at radius 2 is 0.875 bits per heavy atom. The van der Waals surface area contributed by atoms with Crippen molar-refractivity contribution in [2.75, 3.05) is 0 Å². The topological polar surface area (TPSA) is 0 Å². The predicted molar refractivity (Wildman–Crippen MR) is 170 cm³/mol. The molecular formula is C40H32. The first-order chi connectivity index (χ1) is 19.4. The molecule has 0 nitrogen and oxygen atoms in total. The maximum Gasteiger partial charge on any atom is 0.0159 e. The normalized spacial score (nSPS) is 15.4. The minimum Gasteiger partial charge on any atom is -0.0622 e. The van der Waals surface area contributed by atoms with Gasteiger partial charge in [-0.2, -0.15) is 0 Å². The number of fused-ring (bicyclic) bond motifs is 8. The van der Waals surface area contributed by atoms with Crippen molar-refractivity contribution in [1.82, 2.24) is 0 Å². The van der Waals surface area contributed by atoms with Crippen LogP contribution < -0.4 is 0 Å². The van der Waals surface area contributed by atoms with Crippen molar-refractivity contribution in [2.24, 2.45) is 0 Å². The van der Waals surface area contributed by atoms with Crippen LogP contribution >= 0.6 is 0 Å². The van der Waals surface area contributed by atoms with Crippen molar-refractivity contribution in [2.45, 2.75) is 38.5 Å². The van der Waals surface area contributed by atoms with Gasteiger partial charge in [0.15, 0.2) is 0 Å². The van der Waals surface area contributed by atoms with Crippen molar-refractivity contribution in [1.29, 1.82) is 0 Å². The Morgan fingerprint density at radius 3 is 1.65 bits per heavy atom. The van der Waals surface area contributed by atoms with Crippen LogP contribution in [0.4, 0.5) is 0 Å². The van der Waals surface area contributed by atoms with Gasteiger partial charge in [0.2, 0.25) is 0 Å². The fraction of sp³-hybridized carbons (Fsp3) is 0.150. The van der Waals surface area contributed by atoms with E-state index in [1.807, 2.05) is 0 Å². The monoisotopic (exact) mass is 512 g/mol. The molecule has 0 atom stereocenters. The summed E-state index contributed by atoms with van der Waals surface area (Å²) < 4.78 is 0. The highest BCUT2D eigenvalue weighted by molar-refractivity contribution is 6.09. The Bertz CT molecular complexity index is 1970. The molecule has 192 valence electrons. The highest BCUT2D eigenvalue weighted by atomic mass is 14.4. The molecule has 0 bridgehead atoms. The lowest BCUT2D eigenvalue weighted by Gasteiger charge is -2.24. The van der Waals surface area contributed by atoms with E-state index in [9.17, 15) is 0 Å². The van der Waals surface area contributed by atoms with E-state index in [1.54, 1.807) is 0 Å². The molecule has 0 unspecified atom stereocenters. The minimum atomic E-state index is -0.0931. The standard InChI is InChI=1S/C40H32/c1-39(2)34-17-11-10-15-29(34)32-23-36-33(24-35(32)39)38-30-16-9-8-14-28(30)31(22-37(38)40(36,3)4)27-20-18-26(19-21-27)25-12-6-5-7-13-25/h5-24H,1-4H3. The minimum absolute atomic E-state index is 0.00982. The summed E-state index contributed by atoms with van der Waals surface area (Å²) in [5.74, 6) is 0. The molecule has 40 heavy (non-hydrogen) atoms. The van der Waals surface area contributed by atoms with Crippen LogP contribution in [0.5, 0.6) is 0 Å². The third kappa shape index (κ3) is 3.08. The zero-order chi connectivity index (χ0) is 27.2. The van der Waals surface area contributed by atoms with Crippen LogP contribution in [0.15, 0.2) is 121 Å². The number of hydrogen-bond donors (Lipinski definition) is 0. The van der Waals surface area contributed by atoms with E-state index >= 15 is 0 Å². The van der Waals surface area contributed by atoms with Crippen LogP contribution in [0.1, 0.15) is 49.9 Å². The highest BCUT2D eigenvalue weighted by Gasteiger charge is 2.42. The average molecular weight is 513 g/mol.